The van der Waals surface area contributed by atoms with Crippen molar-refractivity contribution in [2.75, 3.05) is 5.32 Å². The van der Waals surface area contributed by atoms with Crippen LogP contribution in [0.2, 0.25) is 0 Å². The molecule has 0 aliphatic rings. The van der Waals surface area contributed by atoms with Crippen LogP contribution in [0.25, 0.3) is 23.8 Å². The molecule has 1 aromatic carbocycles. The molecule has 0 aliphatic heterocycles. The summed E-state index contributed by atoms with van der Waals surface area (Å²) in [6.07, 6.45) is 5.23. The fourth-order valence-corrected chi connectivity index (χ4v) is 3.82. The number of hydrogen-bond donors (Lipinski definition) is 2. The first-order chi connectivity index (χ1) is 13.4. The molecule has 0 bridgehead atoms. The highest BCUT2D eigenvalue weighted by molar-refractivity contribution is 9.10. The second kappa shape index (κ2) is 8.37. The minimum absolute atomic E-state index is 0.0126. The molecule has 3 rings (SSSR count). The monoisotopic (exact) mass is 458 g/mol. The minimum Gasteiger partial charge on any atom is -0.478 e. The number of carbonyl (C=O) groups excluding carboxylic acids is 1. The van der Waals surface area contributed by atoms with Gasteiger partial charge in [0.2, 0.25) is 0 Å². The topological polar surface area (TPSA) is 92.4 Å². The summed E-state index contributed by atoms with van der Waals surface area (Å²) in [7, 11) is 0. The van der Waals surface area contributed by atoms with Crippen LogP contribution in [-0.2, 0) is 0 Å². The maximum atomic E-state index is 12.5. The third kappa shape index (κ3) is 4.13. The molecule has 0 aliphatic carbocycles. The molecule has 2 N–H and O–H groups in total. The lowest BCUT2D eigenvalue weighted by Crippen LogP contribution is -2.20. The number of oxazole rings is 1. The fraction of sp³-hybridized carbons (Fsp3) is 0.0500. The Bertz CT molecular complexity index is 1190. The number of carboxylic acids is 1. The molecule has 3 aromatic rings. The van der Waals surface area contributed by atoms with Gasteiger partial charge in [0.15, 0.2) is 0 Å². The van der Waals surface area contributed by atoms with E-state index in [1.54, 1.807) is 23.6 Å². The summed E-state index contributed by atoms with van der Waals surface area (Å²) >= 11 is 4.50. The standard InChI is InChI=1S/C20H15BrN2O4S/c1-3-4-8-15-11(2)27-18(22-15)17(24)23-19-16(20(25)26)14(10-28-19)12-6-5-7-13(21)9-12/h3-10H,2H2,1H3,(H,23,24)(H,25,26)/b4-3-,15-8+. The first-order valence-electron chi connectivity index (χ1n) is 8.11. The van der Waals surface area contributed by atoms with Crippen LogP contribution in [-0.4, -0.2) is 22.0 Å². The number of amides is 1. The molecule has 0 saturated heterocycles. The zero-order valence-corrected chi connectivity index (χ0v) is 17.1. The van der Waals surface area contributed by atoms with Gasteiger partial charge in [0, 0.05) is 15.4 Å². The van der Waals surface area contributed by atoms with E-state index in [1.807, 2.05) is 31.2 Å². The van der Waals surface area contributed by atoms with Gasteiger partial charge in [0.1, 0.15) is 21.3 Å². The Morgan fingerprint density at radius 2 is 2.18 bits per heavy atom. The maximum Gasteiger partial charge on any atom is 0.339 e. The van der Waals surface area contributed by atoms with E-state index in [2.05, 4.69) is 32.8 Å². The first kappa shape index (κ1) is 19.8. The normalized spacial score (nSPS) is 11.9. The van der Waals surface area contributed by atoms with Crippen molar-refractivity contribution in [1.29, 1.82) is 0 Å². The number of carboxylic acid groups (broad SMARTS) is 1. The van der Waals surface area contributed by atoms with Gasteiger partial charge in [-0.15, -0.1) is 11.3 Å². The molecular formula is C20H15BrN2O4S. The highest BCUT2D eigenvalue weighted by Crippen LogP contribution is 2.36. The first-order valence-corrected chi connectivity index (χ1v) is 9.79. The van der Waals surface area contributed by atoms with Crippen molar-refractivity contribution in [2.24, 2.45) is 0 Å². The Balaban J connectivity index is 1.96. The summed E-state index contributed by atoms with van der Waals surface area (Å²) in [6.45, 7) is 5.56. The Morgan fingerprint density at radius 1 is 1.39 bits per heavy atom. The average molecular weight is 459 g/mol. The molecule has 0 radical (unpaired) electrons. The second-order valence-electron chi connectivity index (χ2n) is 5.64. The zero-order chi connectivity index (χ0) is 20.3. The number of aromatic carboxylic acids is 1. The van der Waals surface area contributed by atoms with Gasteiger partial charge in [0.05, 0.1) is 0 Å². The van der Waals surface area contributed by atoms with Crippen LogP contribution in [0, 0.1) is 0 Å². The highest BCUT2D eigenvalue weighted by Gasteiger charge is 2.23. The van der Waals surface area contributed by atoms with Gasteiger partial charge in [-0.1, -0.05) is 46.8 Å². The average Bonchev–Trinajstić information content (AvgIpc) is 3.23. The van der Waals surface area contributed by atoms with E-state index < -0.39 is 11.9 Å². The number of nitrogens with zero attached hydrogens (tertiary/aromatic N) is 1. The Hall–Kier alpha value is -2.97. The lowest BCUT2D eigenvalue weighted by Gasteiger charge is -2.05. The Labute approximate surface area is 172 Å². The Morgan fingerprint density at radius 3 is 2.86 bits per heavy atom. The fourth-order valence-electron chi connectivity index (χ4n) is 2.47. The molecule has 0 fully saturated rings. The molecule has 1 amide bonds. The van der Waals surface area contributed by atoms with Crippen LogP contribution in [0.4, 0.5) is 5.00 Å². The molecule has 2 heterocycles. The lowest BCUT2D eigenvalue weighted by molar-refractivity contribution is 0.0699. The van der Waals surface area contributed by atoms with E-state index >= 15 is 0 Å². The van der Waals surface area contributed by atoms with Crippen molar-refractivity contribution in [3.05, 3.63) is 68.5 Å². The van der Waals surface area contributed by atoms with Crippen molar-refractivity contribution >= 4 is 56.8 Å². The number of benzene rings is 1. The van der Waals surface area contributed by atoms with Crippen LogP contribution in [0.15, 0.2) is 50.7 Å². The molecule has 28 heavy (non-hydrogen) atoms. The van der Waals surface area contributed by atoms with Crippen LogP contribution >= 0.6 is 27.3 Å². The van der Waals surface area contributed by atoms with E-state index in [0.717, 1.165) is 21.4 Å². The molecule has 6 nitrogen and oxygen atoms in total. The van der Waals surface area contributed by atoms with E-state index in [-0.39, 0.29) is 21.9 Å². The third-order valence-corrected chi connectivity index (χ3v) is 5.12. The van der Waals surface area contributed by atoms with Gasteiger partial charge in [0.25, 0.3) is 5.89 Å². The summed E-state index contributed by atoms with van der Waals surface area (Å²) in [4.78, 5) is 28.4. The predicted molar refractivity (Wildman–Crippen MR) is 113 cm³/mol. The van der Waals surface area contributed by atoms with Gasteiger partial charge in [-0.3, -0.25) is 4.79 Å². The van der Waals surface area contributed by atoms with Crippen LogP contribution in [0.5, 0.6) is 0 Å². The maximum absolute atomic E-state index is 12.5. The van der Waals surface area contributed by atoms with E-state index in [1.165, 1.54) is 0 Å². The number of allylic oxidation sites excluding steroid dienone is 2. The van der Waals surface area contributed by atoms with Gasteiger partial charge in [-0.2, -0.15) is 0 Å². The smallest absolute Gasteiger partial charge is 0.339 e. The largest absolute Gasteiger partial charge is 0.478 e. The van der Waals surface area contributed by atoms with Crippen molar-refractivity contribution in [2.45, 2.75) is 6.92 Å². The number of hydrogen-bond acceptors (Lipinski definition) is 5. The van der Waals surface area contributed by atoms with E-state index in [4.69, 9.17) is 4.42 Å². The van der Waals surface area contributed by atoms with Crippen molar-refractivity contribution in [3.63, 3.8) is 0 Å². The molecule has 0 saturated carbocycles. The van der Waals surface area contributed by atoms with Crippen LogP contribution in [0.1, 0.15) is 28.0 Å². The van der Waals surface area contributed by atoms with Crippen molar-refractivity contribution in [3.8, 4) is 11.1 Å². The molecular weight excluding hydrogens is 444 g/mol. The number of halogens is 1. The summed E-state index contributed by atoms with van der Waals surface area (Å²) in [5.74, 6) is -1.97. The van der Waals surface area contributed by atoms with Crippen LogP contribution < -0.4 is 16.1 Å². The van der Waals surface area contributed by atoms with Gasteiger partial charge >= 0.3 is 11.9 Å². The van der Waals surface area contributed by atoms with Crippen molar-refractivity contribution in [1.82, 2.24) is 4.98 Å². The summed E-state index contributed by atoms with van der Waals surface area (Å²) in [6, 6.07) is 7.27. The Kier molecular flexibility index (Phi) is 5.91. The van der Waals surface area contributed by atoms with Gasteiger partial charge < -0.3 is 14.8 Å². The quantitative estimate of drug-likeness (QED) is 0.604. The number of aromatic nitrogens is 1. The number of anilines is 1. The van der Waals surface area contributed by atoms with Gasteiger partial charge in [-0.25, -0.2) is 9.78 Å². The summed E-state index contributed by atoms with van der Waals surface area (Å²) < 4.78 is 6.13. The number of carbonyl (C=O) groups is 2. The molecule has 0 atom stereocenters. The summed E-state index contributed by atoms with van der Waals surface area (Å²) in [5, 5.41) is 14.6. The predicted octanol–water partition coefficient (Wildman–Crippen LogP) is 3.88. The number of rotatable bonds is 5. The highest BCUT2D eigenvalue weighted by atomic mass is 79.9. The van der Waals surface area contributed by atoms with Crippen LogP contribution in [0.3, 0.4) is 0 Å². The second-order valence-corrected chi connectivity index (χ2v) is 7.44. The SMILES string of the molecule is C=c1oc(C(=O)Nc2scc(-c3cccc(Br)c3)c2C(=O)O)n/c1=C/C=C\C. The summed E-state index contributed by atoms with van der Waals surface area (Å²) in [5.41, 5.74) is 1.51. The van der Waals surface area contributed by atoms with Gasteiger partial charge in [-0.05, 0) is 30.7 Å². The zero-order valence-electron chi connectivity index (χ0n) is 14.7. The number of thiophene rings is 1. The minimum atomic E-state index is -1.14. The van der Waals surface area contributed by atoms with E-state index in [0.29, 0.717) is 10.9 Å². The molecule has 142 valence electrons. The van der Waals surface area contributed by atoms with Crippen molar-refractivity contribution < 1.29 is 19.1 Å². The third-order valence-electron chi connectivity index (χ3n) is 3.74. The molecule has 8 heteroatoms. The number of nitrogens with one attached hydrogen (secondary N) is 1. The molecule has 0 spiro atoms. The lowest BCUT2D eigenvalue weighted by atomic mass is 10.0. The van der Waals surface area contributed by atoms with E-state index in [9.17, 15) is 14.7 Å². The molecule has 2 aromatic heterocycles. The molecule has 0 unspecified atom stereocenters.